The molecule has 2 aromatic rings. The molecule has 1 aromatic carbocycles. The van der Waals surface area contributed by atoms with E-state index in [1.165, 1.54) is 11.3 Å². The highest BCUT2D eigenvalue weighted by atomic mass is 15.2. The Morgan fingerprint density at radius 3 is 3.00 bits per heavy atom. The molecular formula is C13H14N4. The predicted molar refractivity (Wildman–Crippen MR) is 67.6 cm³/mol. The molecule has 0 bridgehead atoms. The van der Waals surface area contributed by atoms with E-state index in [4.69, 9.17) is 5.73 Å². The molecule has 1 aliphatic heterocycles. The van der Waals surface area contributed by atoms with Crippen LogP contribution in [0.15, 0.2) is 36.5 Å². The van der Waals surface area contributed by atoms with Crippen molar-refractivity contribution in [2.75, 3.05) is 17.2 Å². The first kappa shape index (κ1) is 10.1. The summed E-state index contributed by atoms with van der Waals surface area (Å²) in [5.74, 6) is 1.31. The van der Waals surface area contributed by atoms with Gasteiger partial charge in [-0.1, -0.05) is 18.2 Å². The standard InChI is InChI=1S/C13H14N4/c14-12-5-7-15-13(16-12)9-17-8-6-10-3-1-2-4-11(10)17/h1-5,7H,6,8-9H2,(H2,14,15,16). The van der Waals surface area contributed by atoms with Crippen LogP contribution in [0.4, 0.5) is 11.5 Å². The summed E-state index contributed by atoms with van der Waals surface area (Å²) in [6, 6.07) is 10.2. The van der Waals surface area contributed by atoms with Gasteiger partial charge in [-0.25, -0.2) is 9.97 Å². The van der Waals surface area contributed by atoms with Gasteiger partial charge in [-0.05, 0) is 24.1 Å². The molecular weight excluding hydrogens is 212 g/mol. The van der Waals surface area contributed by atoms with E-state index in [9.17, 15) is 0 Å². The molecule has 0 unspecified atom stereocenters. The highest BCUT2D eigenvalue weighted by Gasteiger charge is 2.18. The van der Waals surface area contributed by atoms with E-state index in [1.807, 2.05) is 0 Å². The maximum absolute atomic E-state index is 5.66. The van der Waals surface area contributed by atoms with Crippen LogP contribution in [0.1, 0.15) is 11.4 Å². The van der Waals surface area contributed by atoms with Gasteiger partial charge >= 0.3 is 0 Å². The number of aromatic nitrogens is 2. The number of hydrogen-bond acceptors (Lipinski definition) is 4. The van der Waals surface area contributed by atoms with Crippen LogP contribution in [-0.4, -0.2) is 16.5 Å². The summed E-state index contributed by atoms with van der Waals surface area (Å²) < 4.78 is 0. The number of hydrogen-bond donors (Lipinski definition) is 1. The minimum Gasteiger partial charge on any atom is -0.384 e. The molecule has 17 heavy (non-hydrogen) atoms. The smallest absolute Gasteiger partial charge is 0.149 e. The highest BCUT2D eigenvalue weighted by Crippen LogP contribution is 2.28. The van der Waals surface area contributed by atoms with E-state index in [0.717, 1.165) is 25.3 Å². The first-order chi connectivity index (χ1) is 8.33. The van der Waals surface area contributed by atoms with Crippen molar-refractivity contribution < 1.29 is 0 Å². The summed E-state index contributed by atoms with van der Waals surface area (Å²) in [5, 5.41) is 0. The molecule has 0 fully saturated rings. The van der Waals surface area contributed by atoms with Crippen molar-refractivity contribution in [2.24, 2.45) is 0 Å². The third kappa shape index (κ3) is 1.93. The number of anilines is 2. The van der Waals surface area contributed by atoms with Gasteiger partial charge in [0, 0.05) is 18.4 Å². The number of nitrogens with two attached hydrogens (primary N) is 1. The molecule has 0 amide bonds. The Bertz CT molecular complexity index is 538. The Morgan fingerprint density at radius 1 is 1.24 bits per heavy atom. The van der Waals surface area contributed by atoms with Crippen molar-refractivity contribution in [2.45, 2.75) is 13.0 Å². The van der Waals surface area contributed by atoms with Gasteiger partial charge in [0.05, 0.1) is 6.54 Å². The second-order valence-corrected chi connectivity index (χ2v) is 4.20. The van der Waals surface area contributed by atoms with Crippen LogP contribution in [0.3, 0.4) is 0 Å². The average molecular weight is 226 g/mol. The largest absolute Gasteiger partial charge is 0.384 e. The van der Waals surface area contributed by atoms with Gasteiger partial charge in [-0.15, -0.1) is 0 Å². The van der Waals surface area contributed by atoms with E-state index in [0.29, 0.717) is 5.82 Å². The Hall–Kier alpha value is -2.10. The van der Waals surface area contributed by atoms with Gasteiger partial charge in [-0.2, -0.15) is 0 Å². The SMILES string of the molecule is Nc1ccnc(CN2CCc3ccccc32)n1. The summed E-state index contributed by atoms with van der Waals surface area (Å²) in [5.41, 5.74) is 8.35. The summed E-state index contributed by atoms with van der Waals surface area (Å²) >= 11 is 0. The summed E-state index contributed by atoms with van der Waals surface area (Å²) in [7, 11) is 0. The lowest BCUT2D eigenvalue weighted by molar-refractivity contribution is 0.787. The first-order valence-electron chi connectivity index (χ1n) is 5.73. The van der Waals surface area contributed by atoms with Crippen molar-refractivity contribution in [3.63, 3.8) is 0 Å². The Balaban J connectivity index is 1.84. The fourth-order valence-electron chi connectivity index (χ4n) is 2.23. The molecule has 1 aliphatic rings. The van der Waals surface area contributed by atoms with Crippen molar-refractivity contribution in [3.05, 3.63) is 47.9 Å². The molecule has 0 spiro atoms. The highest BCUT2D eigenvalue weighted by molar-refractivity contribution is 5.57. The Kier molecular flexibility index (Phi) is 2.40. The van der Waals surface area contributed by atoms with Crippen LogP contribution >= 0.6 is 0 Å². The number of nitrogen functional groups attached to an aromatic ring is 1. The van der Waals surface area contributed by atoms with Gasteiger partial charge in [0.2, 0.25) is 0 Å². The molecule has 86 valence electrons. The monoisotopic (exact) mass is 226 g/mol. The normalized spacial score (nSPS) is 13.8. The summed E-state index contributed by atoms with van der Waals surface area (Å²) in [4.78, 5) is 10.8. The Labute approximate surface area is 100 Å². The lowest BCUT2D eigenvalue weighted by atomic mass is 10.2. The number of fused-ring (bicyclic) bond motifs is 1. The van der Waals surface area contributed by atoms with Crippen LogP contribution in [0.5, 0.6) is 0 Å². The number of nitrogens with zero attached hydrogens (tertiary/aromatic N) is 3. The van der Waals surface area contributed by atoms with Crippen molar-refractivity contribution in [3.8, 4) is 0 Å². The molecule has 2 heterocycles. The fraction of sp³-hybridized carbons (Fsp3) is 0.231. The lowest BCUT2D eigenvalue weighted by Gasteiger charge is -2.18. The van der Waals surface area contributed by atoms with E-state index in [2.05, 4.69) is 39.1 Å². The fourth-order valence-corrected chi connectivity index (χ4v) is 2.23. The summed E-state index contributed by atoms with van der Waals surface area (Å²) in [6.45, 7) is 1.75. The molecule has 3 rings (SSSR count). The Morgan fingerprint density at radius 2 is 2.12 bits per heavy atom. The lowest BCUT2D eigenvalue weighted by Crippen LogP contribution is -2.21. The van der Waals surface area contributed by atoms with Crippen LogP contribution in [0.2, 0.25) is 0 Å². The molecule has 0 saturated carbocycles. The van der Waals surface area contributed by atoms with Crippen LogP contribution in [0.25, 0.3) is 0 Å². The minimum absolute atomic E-state index is 0.530. The molecule has 4 nitrogen and oxygen atoms in total. The van der Waals surface area contributed by atoms with E-state index >= 15 is 0 Å². The molecule has 0 saturated heterocycles. The third-order valence-corrected chi connectivity index (χ3v) is 3.04. The minimum atomic E-state index is 0.530. The third-order valence-electron chi connectivity index (χ3n) is 3.04. The maximum atomic E-state index is 5.66. The second kappa shape index (κ2) is 4.05. The van der Waals surface area contributed by atoms with Gasteiger partial charge in [-0.3, -0.25) is 0 Å². The van der Waals surface area contributed by atoms with Gasteiger partial charge < -0.3 is 10.6 Å². The quantitative estimate of drug-likeness (QED) is 0.845. The number of benzene rings is 1. The number of para-hydroxylation sites is 1. The van der Waals surface area contributed by atoms with Crippen LogP contribution < -0.4 is 10.6 Å². The second-order valence-electron chi connectivity index (χ2n) is 4.20. The van der Waals surface area contributed by atoms with Gasteiger partial charge in [0.15, 0.2) is 0 Å². The maximum Gasteiger partial charge on any atom is 0.149 e. The molecule has 0 atom stereocenters. The van der Waals surface area contributed by atoms with Gasteiger partial charge in [0.1, 0.15) is 11.6 Å². The van der Waals surface area contributed by atoms with E-state index in [1.54, 1.807) is 12.3 Å². The van der Waals surface area contributed by atoms with Crippen molar-refractivity contribution >= 4 is 11.5 Å². The average Bonchev–Trinajstić information content (AvgIpc) is 2.73. The molecule has 2 N–H and O–H groups in total. The van der Waals surface area contributed by atoms with Crippen molar-refractivity contribution in [1.82, 2.24) is 9.97 Å². The molecule has 4 heteroatoms. The molecule has 0 aliphatic carbocycles. The topological polar surface area (TPSA) is 55.0 Å². The number of rotatable bonds is 2. The zero-order chi connectivity index (χ0) is 11.7. The van der Waals surface area contributed by atoms with Crippen LogP contribution in [0, 0.1) is 0 Å². The van der Waals surface area contributed by atoms with Crippen LogP contribution in [-0.2, 0) is 13.0 Å². The van der Waals surface area contributed by atoms with Gasteiger partial charge in [0.25, 0.3) is 0 Å². The van der Waals surface area contributed by atoms with E-state index in [-0.39, 0.29) is 0 Å². The molecule has 1 aromatic heterocycles. The molecule has 0 radical (unpaired) electrons. The first-order valence-corrected chi connectivity index (χ1v) is 5.73. The van der Waals surface area contributed by atoms with Crippen molar-refractivity contribution in [1.29, 1.82) is 0 Å². The van der Waals surface area contributed by atoms with E-state index < -0.39 is 0 Å². The predicted octanol–water partition coefficient (Wildman–Crippen LogP) is 1.62. The zero-order valence-corrected chi connectivity index (χ0v) is 9.50. The zero-order valence-electron chi connectivity index (χ0n) is 9.50. The summed E-state index contributed by atoms with van der Waals surface area (Å²) in [6.07, 6.45) is 2.80.